The maximum Gasteiger partial charge on any atom is 0.171 e. The highest BCUT2D eigenvalue weighted by Crippen LogP contribution is 2.36. The Bertz CT molecular complexity index is 703. The van der Waals surface area contributed by atoms with Gasteiger partial charge < -0.3 is 10.6 Å². The zero-order chi connectivity index (χ0) is 15.5. The highest BCUT2D eigenvalue weighted by Gasteiger charge is 2.22. The van der Waals surface area contributed by atoms with Gasteiger partial charge in [-0.1, -0.05) is 18.2 Å². The van der Waals surface area contributed by atoms with E-state index in [1.165, 1.54) is 6.07 Å². The SMILES string of the molecule is Cc1ccccc1NC(=S)N[C@@H]1CCSc2ccc(F)cc21. The van der Waals surface area contributed by atoms with E-state index in [9.17, 15) is 4.39 Å². The lowest BCUT2D eigenvalue weighted by atomic mass is 10.0. The van der Waals surface area contributed by atoms with Crippen LogP contribution in [0.5, 0.6) is 0 Å². The molecular formula is C17H17FN2S2. The molecule has 2 N–H and O–H groups in total. The van der Waals surface area contributed by atoms with Crippen LogP contribution in [0.15, 0.2) is 47.4 Å². The Hall–Kier alpha value is -1.59. The third-order valence-corrected chi connectivity index (χ3v) is 5.05. The number of hydrogen-bond acceptors (Lipinski definition) is 2. The Balaban J connectivity index is 1.73. The molecule has 3 rings (SSSR count). The molecule has 0 aromatic heterocycles. The number of hydrogen-bond donors (Lipinski definition) is 2. The number of nitrogens with one attached hydrogen (secondary N) is 2. The van der Waals surface area contributed by atoms with E-state index in [0.717, 1.165) is 33.9 Å². The van der Waals surface area contributed by atoms with Gasteiger partial charge in [0.2, 0.25) is 0 Å². The average Bonchev–Trinajstić information content (AvgIpc) is 2.50. The molecule has 114 valence electrons. The van der Waals surface area contributed by atoms with Crippen molar-refractivity contribution in [3.05, 3.63) is 59.4 Å². The smallest absolute Gasteiger partial charge is 0.171 e. The highest BCUT2D eigenvalue weighted by molar-refractivity contribution is 7.99. The van der Waals surface area contributed by atoms with Crippen molar-refractivity contribution in [3.63, 3.8) is 0 Å². The molecule has 0 unspecified atom stereocenters. The van der Waals surface area contributed by atoms with E-state index in [4.69, 9.17) is 12.2 Å². The van der Waals surface area contributed by atoms with E-state index >= 15 is 0 Å². The molecule has 2 aromatic carbocycles. The molecule has 1 atom stereocenters. The molecule has 1 aliphatic rings. The minimum Gasteiger partial charge on any atom is -0.356 e. The fraction of sp³-hybridized carbons (Fsp3) is 0.235. The molecule has 1 heterocycles. The van der Waals surface area contributed by atoms with Gasteiger partial charge in [0.25, 0.3) is 0 Å². The van der Waals surface area contributed by atoms with E-state index in [1.807, 2.05) is 37.3 Å². The van der Waals surface area contributed by atoms with Gasteiger partial charge in [-0.2, -0.15) is 0 Å². The van der Waals surface area contributed by atoms with Gasteiger partial charge in [-0.05, 0) is 61.0 Å². The standard InChI is InChI=1S/C17H17FN2S2/c1-11-4-2-3-5-14(11)19-17(21)20-15-8-9-22-16-7-6-12(18)10-13(15)16/h2-7,10,15H,8-9H2,1H3,(H2,19,20,21)/t15-/m1/s1. The van der Waals surface area contributed by atoms with E-state index in [1.54, 1.807) is 17.8 Å². The van der Waals surface area contributed by atoms with Gasteiger partial charge in [0.15, 0.2) is 5.11 Å². The van der Waals surface area contributed by atoms with Crippen LogP contribution in [0.2, 0.25) is 0 Å². The molecule has 0 amide bonds. The van der Waals surface area contributed by atoms with Crippen LogP contribution in [-0.4, -0.2) is 10.9 Å². The van der Waals surface area contributed by atoms with E-state index < -0.39 is 0 Å². The Morgan fingerprint density at radius 1 is 1.27 bits per heavy atom. The van der Waals surface area contributed by atoms with Crippen LogP contribution < -0.4 is 10.6 Å². The van der Waals surface area contributed by atoms with Gasteiger partial charge in [-0.15, -0.1) is 11.8 Å². The molecule has 0 saturated heterocycles. The molecule has 2 aromatic rings. The second-order valence-electron chi connectivity index (χ2n) is 5.29. The van der Waals surface area contributed by atoms with Crippen LogP contribution in [0.25, 0.3) is 0 Å². The van der Waals surface area contributed by atoms with Gasteiger partial charge in [0.05, 0.1) is 6.04 Å². The number of thiocarbonyl (C=S) groups is 1. The summed E-state index contributed by atoms with van der Waals surface area (Å²) < 4.78 is 13.5. The summed E-state index contributed by atoms with van der Waals surface area (Å²) in [6.07, 6.45) is 0.927. The number of benzene rings is 2. The topological polar surface area (TPSA) is 24.1 Å². The molecular weight excluding hydrogens is 315 g/mol. The first-order valence-electron chi connectivity index (χ1n) is 7.19. The molecule has 1 aliphatic heterocycles. The predicted molar refractivity (Wildman–Crippen MR) is 95.0 cm³/mol. The number of para-hydroxylation sites is 1. The summed E-state index contributed by atoms with van der Waals surface area (Å²) >= 11 is 7.18. The number of halogens is 1. The maximum absolute atomic E-state index is 13.5. The molecule has 2 nitrogen and oxygen atoms in total. The molecule has 0 radical (unpaired) electrons. The Kier molecular flexibility index (Phi) is 4.64. The lowest BCUT2D eigenvalue weighted by Crippen LogP contribution is -2.34. The van der Waals surface area contributed by atoms with Gasteiger partial charge in [-0.3, -0.25) is 0 Å². The Morgan fingerprint density at radius 3 is 2.91 bits per heavy atom. The molecule has 22 heavy (non-hydrogen) atoms. The fourth-order valence-electron chi connectivity index (χ4n) is 2.55. The zero-order valence-corrected chi connectivity index (χ0v) is 13.9. The lowest BCUT2D eigenvalue weighted by molar-refractivity contribution is 0.587. The normalized spacial score (nSPS) is 16.7. The summed E-state index contributed by atoms with van der Waals surface area (Å²) in [7, 11) is 0. The number of anilines is 1. The van der Waals surface area contributed by atoms with E-state index in [-0.39, 0.29) is 11.9 Å². The van der Waals surface area contributed by atoms with Crippen LogP contribution in [0.1, 0.15) is 23.6 Å². The van der Waals surface area contributed by atoms with E-state index in [2.05, 4.69) is 10.6 Å². The molecule has 5 heteroatoms. The summed E-state index contributed by atoms with van der Waals surface area (Å²) in [6, 6.07) is 13.0. The van der Waals surface area contributed by atoms with Crippen molar-refractivity contribution in [2.45, 2.75) is 24.3 Å². The summed E-state index contributed by atoms with van der Waals surface area (Å²) in [5.74, 6) is 0.800. The zero-order valence-electron chi connectivity index (χ0n) is 12.2. The van der Waals surface area contributed by atoms with Crippen LogP contribution in [0, 0.1) is 12.7 Å². The van der Waals surface area contributed by atoms with Gasteiger partial charge >= 0.3 is 0 Å². The average molecular weight is 332 g/mol. The minimum atomic E-state index is -0.203. The molecule has 0 bridgehead atoms. The van der Waals surface area contributed by atoms with Crippen molar-refractivity contribution < 1.29 is 4.39 Å². The fourth-order valence-corrected chi connectivity index (χ4v) is 3.90. The summed E-state index contributed by atoms with van der Waals surface area (Å²) in [5, 5.41) is 7.11. The van der Waals surface area contributed by atoms with Crippen molar-refractivity contribution in [2.75, 3.05) is 11.1 Å². The third-order valence-electron chi connectivity index (χ3n) is 3.71. The van der Waals surface area contributed by atoms with Gasteiger partial charge in [0.1, 0.15) is 5.82 Å². The minimum absolute atomic E-state index is 0.0518. The summed E-state index contributed by atoms with van der Waals surface area (Å²) in [4.78, 5) is 1.13. The summed E-state index contributed by atoms with van der Waals surface area (Å²) in [6.45, 7) is 2.03. The first-order valence-corrected chi connectivity index (χ1v) is 8.58. The molecule has 0 fully saturated rings. The van der Waals surface area contributed by atoms with Gasteiger partial charge in [-0.25, -0.2) is 4.39 Å². The van der Waals surface area contributed by atoms with Crippen LogP contribution in [0.3, 0.4) is 0 Å². The number of thioether (sulfide) groups is 1. The second-order valence-corrected chi connectivity index (χ2v) is 6.83. The maximum atomic E-state index is 13.5. The van der Waals surface area contributed by atoms with Crippen molar-refractivity contribution in [3.8, 4) is 0 Å². The lowest BCUT2D eigenvalue weighted by Gasteiger charge is -2.27. The second kappa shape index (κ2) is 6.67. The van der Waals surface area contributed by atoms with Crippen LogP contribution in [-0.2, 0) is 0 Å². The Labute approximate surface area is 139 Å². The molecule has 0 spiro atoms. The van der Waals surface area contributed by atoms with Crippen molar-refractivity contribution in [1.82, 2.24) is 5.32 Å². The van der Waals surface area contributed by atoms with Crippen molar-refractivity contribution in [2.24, 2.45) is 0 Å². The third kappa shape index (κ3) is 3.42. The van der Waals surface area contributed by atoms with Crippen LogP contribution in [0.4, 0.5) is 10.1 Å². The van der Waals surface area contributed by atoms with E-state index in [0.29, 0.717) is 5.11 Å². The Morgan fingerprint density at radius 2 is 2.09 bits per heavy atom. The predicted octanol–water partition coefficient (Wildman–Crippen LogP) is 4.66. The highest BCUT2D eigenvalue weighted by atomic mass is 32.2. The number of aryl methyl sites for hydroxylation is 1. The van der Waals surface area contributed by atoms with Gasteiger partial charge in [0, 0.05) is 16.3 Å². The van der Waals surface area contributed by atoms with Crippen LogP contribution >= 0.6 is 24.0 Å². The summed E-state index contributed by atoms with van der Waals surface area (Å²) in [5.41, 5.74) is 3.12. The molecule has 0 saturated carbocycles. The first-order chi connectivity index (χ1) is 10.6. The van der Waals surface area contributed by atoms with Crippen molar-refractivity contribution in [1.29, 1.82) is 0 Å². The van der Waals surface area contributed by atoms with Crippen molar-refractivity contribution >= 4 is 34.8 Å². The number of fused-ring (bicyclic) bond motifs is 1. The monoisotopic (exact) mass is 332 g/mol. The largest absolute Gasteiger partial charge is 0.356 e. The first kappa shape index (κ1) is 15.3. The number of rotatable bonds is 2. The quantitative estimate of drug-likeness (QED) is 0.781. The molecule has 0 aliphatic carbocycles.